The number of hydrogen-bond donors (Lipinski definition) is 0. The second-order valence-electron chi connectivity index (χ2n) is 14.0. The summed E-state index contributed by atoms with van der Waals surface area (Å²) in [5, 5.41) is 27.3. The molecule has 11 aromatic rings. The minimum Gasteiger partial charge on any atom is -0.309 e. The predicted octanol–water partition coefficient (Wildman–Crippen LogP) is 12.4. The minimum absolute atomic E-state index is 0.556. The van der Waals surface area contributed by atoms with Crippen LogP contribution in [0.2, 0.25) is 0 Å². The van der Waals surface area contributed by atoms with Crippen molar-refractivity contribution in [2.24, 2.45) is 0 Å². The summed E-state index contributed by atoms with van der Waals surface area (Å²) in [5.41, 5.74) is 12.6. The molecule has 0 radical (unpaired) electrons. The lowest BCUT2D eigenvalue weighted by atomic mass is 10.0. The second kappa shape index (κ2) is 11.8. The smallest absolute Gasteiger partial charge is 0.101 e. The highest BCUT2D eigenvalue weighted by molar-refractivity contribution is 6.16. The number of hydrogen-bond acceptors (Lipinski definition) is 2. The highest BCUT2D eigenvalue weighted by Gasteiger charge is 2.20. The molecule has 0 fully saturated rings. The number of para-hydroxylation sites is 4. The van der Waals surface area contributed by atoms with E-state index in [1.807, 2.05) is 42.5 Å². The Morgan fingerprint density at radius 2 is 0.891 bits per heavy atom. The maximum atomic E-state index is 10.6. The van der Waals surface area contributed by atoms with E-state index in [-0.39, 0.29) is 0 Å². The number of rotatable bonds is 4. The third kappa shape index (κ3) is 4.45. The molecule has 11 rings (SSSR count). The molecule has 0 saturated heterocycles. The van der Waals surface area contributed by atoms with Crippen LogP contribution in [0.5, 0.6) is 0 Å². The Kier molecular flexibility index (Phi) is 6.61. The van der Waals surface area contributed by atoms with E-state index in [9.17, 15) is 10.5 Å². The van der Waals surface area contributed by atoms with Crippen molar-refractivity contribution < 1.29 is 0 Å². The largest absolute Gasteiger partial charge is 0.309 e. The fourth-order valence-corrected chi connectivity index (χ4v) is 8.77. The third-order valence-corrected chi connectivity index (χ3v) is 11.1. The van der Waals surface area contributed by atoms with Gasteiger partial charge in [-0.3, -0.25) is 0 Å². The van der Waals surface area contributed by atoms with Gasteiger partial charge in [0.05, 0.1) is 61.7 Å². The zero-order valence-electron chi connectivity index (χ0n) is 29.5. The van der Waals surface area contributed by atoms with Gasteiger partial charge in [0.2, 0.25) is 0 Å². The number of fused-ring (bicyclic) bond motifs is 9. The maximum absolute atomic E-state index is 10.6. The quantitative estimate of drug-likeness (QED) is 0.184. The topological polar surface area (TPSA) is 62.4 Å². The van der Waals surface area contributed by atoms with Gasteiger partial charge in [0, 0.05) is 38.0 Å². The molecule has 0 amide bonds. The summed E-state index contributed by atoms with van der Waals surface area (Å²) in [5.74, 6) is 0. The van der Waals surface area contributed by atoms with E-state index in [0.717, 1.165) is 61.0 Å². The van der Waals surface area contributed by atoms with Crippen molar-refractivity contribution in [3.8, 4) is 40.3 Å². The molecule has 0 aliphatic rings. The number of aromatic nitrogens is 3. The standard InChI is InChI=1S/C50H29N5/c51-30-32-23-25-40-39-15-3-5-17-43(39)54(49(40)27-32)42-26-24-34(28-35(42)31-52)33-11-9-12-36(29-33)53-46-20-8-4-16-41(46)50-47(53)21-10-22-48(50)55-44-18-6-1-13-37(44)38-14-2-7-19-45(38)55/h1-29H. The first kappa shape index (κ1) is 30.7. The van der Waals surface area contributed by atoms with Crippen LogP contribution in [-0.4, -0.2) is 13.7 Å². The lowest BCUT2D eigenvalue weighted by Gasteiger charge is -2.14. The summed E-state index contributed by atoms with van der Waals surface area (Å²) >= 11 is 0. The van der Waals surface area contributed by atoms with E-state index < -0.39 is 0 Å². The van der Waals surface area contributed by atoms with Crippen LogP contribution >= 0.6 is 0 Å². The fraction of sp³-hybridized carbons (Fsp3) is 0. The van der Waals surface area contributed by atoms with Gasteiger partial charge in [-0.25, -0.2) is 0 Å². The molecule has 0 N–H and O–H groups in total. The molecule has 5 heteroatoms. The molecule has 5 nitrogen and oxygen atoms in total. The Balaban J connectivity index is 1.09. The number of benzene rings is 8. The predicted molar refractivity (Wildman–Crippen MR) is 224 cm³/mol. The zero-order chi connectivity index (χ0) is 36.6. The molecule has 0 spiro atoms. The molecule has 0 atom stereocenters. The first-order valence-electron chi connectivity index (χ1n) is 18.3. The van der Waals surface area contributed by atoms with Gasteiger partial charge in [0.1, 0.15) is 6.07 Å². The first-order chi connectivity index (χ1) is 27.2. The summed E-state index contributed by atoms with van der Waals surface area (Å²) in [4.78, 5) is 0. The molecule has 3 aromatic heterocycles. The van der Waals surface area contributed by atoms with Crippen LogP contribution in [0.15, 0.2) is 176 Å². The van der Waals surface area contributed by atoms with Gasteiger partial charge in [-0.2, -0.15) is 10.5 Å². The number of nitriles is 2. The van der Waals surface area contributed by atoms with Crippen molar-refractivity contribution in [1.82, 2.24) is 13.7 Å². The Labute approximate surface area is 316 Å². The van der Waals surface area contributed by atoms with E-state index in [2.05, 4.69) is 159 Å². The lowest BCUT2D eigenvalue weighted by Crippen LogP contribution is -1.99. The van der Waals surface area contributed by atoms with Crippen molar-refractivity contribution in [1.29, 1.82) is 10.5 Å². The van der Waals surface area contributed by atoms with E-state index in [4.69, 9.17) is 0 Å². The van der Waals surface area contributed by atoms with Crippen molar-refractivity contribution in [2.45, 2.75) is 0 Å². The van der Waals surface area contributed by atoms with Crippen molar-refractivity contribution in [3.63, 3.8) is 0 Å². The Morgan fingerprint density at radius 1 is 0.345 bits per heavy atom. The normalized spacial score (nSPS) is 11.6. The van der Waals surface area contributed by atoms with Gasteiger partial charge in [-0.05, 0) is 83.9 Å². The summed E-state index contributed by atoms with van der Waals surface area (Å²) in [6, 6.07) is 66.0. The molecule has 0 saturated carbocycles. The van der Waals surface area contributed by atoms with E-state index in [0.29, 0.717) is 11.1 Å². The molecular weight excluding hydrogens is 671 g/mol. The van der Waals surface area contributed by atoms with Crippen LogP contribution in [0, 0.1) is 22.7 Å². The first-order valence-corrected chi connectivity index (χ1v) is 18.3. The SMILES string of the molecule is N#Cc1ccc2c3ccccc3n(-c3ccc(-c4cccc(-n5c6ccccc6c6c(-n7c8ccccc8c8ccccc87)cccc65)c4)cc3C#N)c2c1. The van der Waals surface area contributed by atoms with Crippen LogP contribution in [-0.2, 0) is 0 Å². The monoisotopic (exact) mass is 699 g/mol. The van der Waals surface area contributed by atoms with Gasteiger partial charge in [-0.15, -0.1) is 0 Å². The lowest BCUT2D eigenvalue weighted by molar-refractivity contribution is 1.16. The van der Waals surface area contributed by atoms with Crippen LogP contribution in [0.25, 0.3) is 93.6 Å². The summed E-state index contributed by atoms with van der Waals surface area (Å²) in [7, 11) is 0. The van der Waals surface area contributed by atoms with Crippen molar-refractivity contribution in [3.05, 3.63) is 187 Å². The Morgan fingerprint density at radius 3 is 1.55 bits per heavy atom. The van der Waals surface area contributed by atoms with Crippen LogP contribution in [0.1, 0.15) is 11.1 Å². The molecular formula is C50H29N5. The van der Waals surface area contributed by atoms with Gasteiger partial charge in [0.25, 0.3) is 0 Å². The molecule has 55 heavy (non-hydrogen) atoms. The molecule has 0 aliphatic heterocycles. The molecule has 8 aromatic carbocycles. The fourth-order valence-electron chi connectivity index (χ4n) is 8.77. The summed E-state index contributed by atoms with van der Waals surface area (Å²) in [6.45, 7) is 0. The molecule has 0 aliphatic carbocycles. The molecule has 254 valence electrons. The average Bonchev–Trinajstić information content (AvgIpc) is 3.89. The Bertz CT molecular complexity index is 3420. The van der Waals surface area contributed by atoms with Crippen LogP contribution in [0.4, 0.5) is 0 Å². The maximum Gasteiger partial charge on any atom is 0.101 e. The van der Waals surface area contributed by atoms with E-state index in [1.54, 1.807) is 0 Å². The van der Waals surface area contributed by atoms with Crippen LogP contribution < -0.4 is 0 Å². The summed E-state index contributed by atoms with van der Waals surface area (Å²) in [6.07, 6.45) is 0. The second-order valence-corrected chi connectivity index (χ2v) is 14.0. The van der Waals surface area contributed by atoms with E-state index in [1.165, 1.54) is 32.6 Å². The van der Waals surface area contributed by atoms with Gasteiger partial charge in [0.15, 0.2) is 0 Å². The summed E-state index contributed by atoms with van der Waals surface area (Å²) < 4.78 is 6.87. The minimum atomic E-state index is 0.556. The van der Waals surface area contributed by atoms with Gasteiger partial charge >= 0.3 is 0 Å². The molecule has 3 heterocycles. The highest BCUT2D eigenvalue weighted by atomic mass is 15.0. The third-order valence-electron chi connectivity index (χ3n) is 11.1. The van der Waals surface area contributed by atoms with E-state index >= 15 is 0 Å². The van der Waals surface area contributed by atoms with Crippen molar-refractivity contribution in [2.75, 3.05) is 0 Å². The van der Waals surface area contributed by atoms with Gasteiger partial charge in [-0.1, -0.05) is 103 Å². The van der Waals surface area contributed by atoms with Gasteiger partial charge < -0.3 is 13.7 Å². The molecule has 0 unspecified atom stereocenters. The van der Waals surface area contributed by atoms with Crippen LogP contribution in [0.3, 0.4) is 0 Å². The average molecular weight is 700 g/mol. The Hall–Kier alpha value is -7.86. The number of nitrogens with zero attached hydrogens (tertiary/aromatic N) is 5. The highest BCUT2D eigenvalue weighted by Crippen LogP contribution is 2.41. The molecule has 0 bridgehead atoms. The van der Waals surface area contributed by atoms with Crippen molar-refractivity contribution >= 4 is 65.4 Å². The zero-order valence-corrected chi connectivity index (χ0v) is 29.5.